The number of aryl methyl sites for hydroxylation is 1. The molecule has 60 heavy (non-hydrogen) atoms. The van der Waals surface area contributed by atoms with Crippen LogP contribution in [0.2, 0.25) is 0 Å². The van der Waals surface area contributed by atoms with Crippen LogP contribution in [-0.4, -0.2) is 109 Å². The van der Waals surface area contributed by atoms with Gasteiger partial charge in [0.05, 0.1) is 12.6 Å². The molecule has 1 saturated carbocycles. The van der Waals surface area contributed by atoms with Crippen molar-refractivity contribution in [2.45, 2.75) is 90.1 Å². The number of anilines is 1. The van der Waals surface area contributed by atoms with Crippen molar-refractivity contribution in [2.24, 2.45) is 11.8 Å². The lowest BCUT2D eigenvalue weighted by Gasteiger charge is -2.33. The lowest BCUT2D eigenvalue weighted by atomic mass is 9.81. The second-order valence-corrected chi connectivity index (χ2v) is 16.4. The molecule has 2 aliphatic rings. The summed E-state index contributed by atoms with van der Waals surface area (Å²) in [5.41, 5.74) is 3.87. The van der Waals surface area contributed by atoms with Crippen LogP contribution < -0.4 is 21.3 Å². The van der Waals surface area contributed by atoms with Crippen molar-refractivity contribution in [3.8, 4) is 22.5 Å². The molecular formula is C42H51FN10O7. The number of carbonyl (C=O) groups excluding carboxylic acids is 4. The van der Waals surface area contributed by atoms with E-state index in [9.17, 15) is 28.4 Å². The molecule has 18 heteroatoms. The van der Waals surface area contributed by atoms with Crippen LogP contribution in [0.1, 0.15) is 74.5 Å². The van der Waals surface area contributed by atoms with Crippen molar-refractivity contribution in [2.75, 3.05) is 25.0 Å². The van der Waals surface area contributed by atoms with Crippen molar-refractivity contribution in [1.29, 1.82) is 0 Å². The zero-order valence-corrected chi connectivity index (χ0v) is 34.0. The van der Waals surface area contributed by atoms with Crippen LogP contribution in [-0.2, 0) is 20.7 Å². The number of pyridine rings is 1. The number of alkyl carbamates (subject to hydrolysis) is 1. The van der Waals surface area contributed by atoms with Gasteiger partial charge in [-0.15, -0.1) is 10.2 Å². The number of halogens is 1. The molecule has 3 heterocycles. The molecule has 318 valence electrons. The standard InChI is InChI=1S/C42H51FN10O7/c1-24-19-34(38(55)47-33-17-18-53(41(58)59)23-32(33)43)44-22-31(24)27-9-5-25(6-10-27)20-35(39(56)46-30-15-13-28(14-16-30)36-49-51-52-50-36)48-37(54)29-11-7-26(8-12-29)21-45-40(57)60-42(2,3)4/h5-6,9-10,13-16,19,22,26,29,32-33,35H,7-8,11-12,17-18,20-21,23H2,1-4H3,(H,45,57)(H,46,56)(H,47,55)(H,48,54)(H,58,59)(H,49,50,51,52)/t26?,29?,32?,33?,35-/m0/s1. The molecule has 2 fully saturated rings. The Morgan fingerprint density at radius 2 is 1.68 bits per heavy atom. The van der Waals surface area contributed by atoms with Gasteiger partial charge in [-0.05, 0) is 118 Å². The van der Waals surface area contributed by atoms with Gasteiger partial charge in [-0.2, -0.15) is 5.21 Å². The number of likely N-dealkylation sites (tertiary alicyclic amines) is 1. The number of carboxylic acid groups (broad SMARTS) is 1. The van der Waals surface area contributed by atoms with E-state index in [0.717, 1.165) is 40.0 Å². The number of nitrogens with one attached hydrogen (secondary N) is 5. The van der Waals surface area contributed by atoms with Crippen molar-refractivity contribution in [1.82, 2.24) is 46.5 Å². The number of benzene rings is 2. The van der Waals surface area contributed by atoms with Crippen LogP contribution in [0.4, 0.5) is 19.7 Å². The summed E-state index contributed by atoms with van der Waals surface area (Å²) in [5, 5.41) is 34.5. The smallest absolute Gasteiger partial charge is 0.407 e. The Bertz CT molecular complexity index is 2140. The topological polar surface area (TPSA) is 234 Å². The average molecular weight is 827 g/mol. The van der Waals surface area contributed by atoms with Gasteiger partial charge in [-0.3, -0.25) is 19.4 Å². The molecule has 6 rings (SSSR count). The van der Waals surface area contributed by atoms with Crippen LogP contribution in [0.3, 0.4) is 0 Å². The van der Waals surface area contributed by atoms with Crippen LogP contribution in [0.25, 0.3) is 22.5 Å². The van der Waals surface area contributed by atoms with Crippen molar-refractivity contribution < 1.29 is 38.2 Å². The van der Waals surface area contributed by atoms with E-state index in [4.69, 9.17) is 9.84 Å². The number of piperidine rings is 1. The number of ether oxygens (including phenoxy) is 1. The number of amides is 5. The number of tetrazole rings is 1. The van der Waals surface area contributed by atoms with E-state index in [1.165, 1.54) is 0 Å². The molecule has 3 atom stereocenters. The predicted octanol–water partition coefficient (Wildman–Crippen LogP) is 5.05. The quantitative estimate of drug-likeness (QED) is 0.111. The van der Waals surface area contributed by atoms with Crippen molar-refractivity contribution in [3.63, 3.8) is 0 Å². The highest BCUT2D eigenvalue weighted by Crippen LogP contribution is 2.30. The number of aromatic amines is 1. The van der Waals surface area contributed by atoms with Gasteiger partial charge in [-0.25, -0.2) is 14.0 Å². The van der Waals surface area contributed by atoms with Crippen molar-refractivity contribution in [3.05, 3.63) is 77.6 Å². The summed E-state index contributed by atoms with van der Waals surface area (Å²) in [6, 6.07) is 14.3. The number of hydrogen-bond donors (Lipinski definition) is 6. The van der Waals surface area contributed by atoms with E-state index >= 15 is 0 Å². The largest absolute Gasteiger partial charge is 0.465 e. The minimum Gasteiger partial charge on any atom is -0.465 e. The lowest BCUT2D eigenvalue weighted by Crippen LogP contribution is -2.53. The number of carbonyl (C=O) groups is 5. The van der Waals surface area contributed by atoms with E-state index in [-0.39, 0.29) is 49.4 Å². The van der Waals surface area contributed by atoms with Crippen LogP contribution >= 0.6 is 0 Å². The van der Waals surface area contributed by atoms with Gasteiger partial charge in [0.1, 0.15) is 23.5 Å². The zero-order valence-electron chi connectivity index (χ0n) is 34.0. The van der Waals surface area contributed by atoms with Crippen LogP contribution in [0, 0.1) is 18.8 Å². The Kier molecular flexibility index (Phi) is 13.7. The first kappa shape index (κ1) is 43.1. The fourth-order valence-corrected chi connectivity index (χ4v) is 7.41. The Hall–Kier alpha value is -6.46. The predicted molar refractivity (Wildman–Crippen MR) is 218 cm³/mol. The third-order valence-corrected chi connectivity index (χ3v) is 10.7. The Balaban J connectivity index is 1.09. The number of alkyl halides is 1. The molecule has 1 aliphatic carbocycles. The Labute approximate surface area is 346 Å². The molecule has 5 amide bonds. The normalized spacial score (nSPS) is 19.7. The molecule has 2 unspecified atom stereocenters. The van der Waals surface area contributed by atoms with E-state index in [1.807, 2.05) is 52.0 Å². The fourth-order valence-electron chi connectivity index (χ4n) is 7.41. The SMILES string of the molecule is Cc1cc(C(=O)NC2CCN(C(=O)O)CC2F)ncc1-c1ccc(C[C@H](NC(=O)C2CCC(CNC(=O)OC(C)(C)C)CC2)C(=O)Nc2ccc(-c3nn[nH]n3)cc2)cc1. The number of nitrogens with zero attached hydrogens (tertiary/aromatic N) is 5. The summed E-state index contributed by atoms with van der Waals surface area (Å²) >= 11 is 0. The van der Waals surface area contributed by atoms with E-state index < -0.39 is 47.9 Å². The number of rotatable bonds is 12. The highest BCUT2D eigenvalue weighted by Gasteiger charge is 2.33. The highest BCUT2D eigenvalue weighted by molar-refractivity contribution is 5.98. The zero-order chi connectivity index (χ0) is 43.0. The van der Waals surface area contributed by atoms with Gasteiger partial charge >= 0.3 is 12.2 Å². The van der Waals surface area contributed by atoms with Gasteiger partial charge < -0.3 is 36.0 Å². The fraction of sp³-hybridized carbons (Fsp3) is 0.452. The summed E-state index contributed by atoms with van der Waals surface area (Å²) in [7, 11) is 0. The number of aromatic nitrogens is 5. The number of H-pyrrole nitrogens is 1. The van der Waals surface area contributed by atoms with Gasteiger partial charge in [0, 0.05) is 48.4 Å². The second-order valence-electron chi connectivity index (χ2n) is 16.4. The first-order valence-electron chi connectivity index (χ1n) is 20.0. The summed E-state index contributed by atoms with van der Waals surface area (Å²) < 4.78 is 20.0. The minimum absolute atomic E-state index is 0.112. The molecule has 0 radical (unpaired) electrons. The maximum absolute atomic E-state index is 14.6. The molecule has 1 aliphatic heterocycles. The summed E-state index contributed by atoms with van der Waals surface area (Å²) in [5.74, 6) is -0.826. The van der Waals surface area contributed by atoms with Crippen molar-refractivity contribution >= 4 is 35.6 Å². The minimum atomic E-state index is -1.53. The first-order valence-corrected chi connectivity index (χ1v) is 20.0. The average Bonchev–Trinajstić information content (AvgIpc) is 3.76. The summed E-state index contributed by atoms with van der Waals surface area (Å²) in [6.07, 6.45) is 1.44. The molecule has 1 saturated heterocycles. The molecule has 17 nitrogen and oxygen atoms in total. The summed E-state index contributed by atoms with van der Waals surface area (Å²) in [4.78, 5) is 69.2. The highest BCUT2D eigenvalue weighted by atomic mass is 19.1. The van der Waals surface area contributed by atoms with E-state index in [0.29, 0.717) is 36.5 Å². The van der Waals surface area contributed by atoms with Gasteiger partial charge in [0.15, 0.2) is 0 Å². The second kappa shape index (κ2) is 19.1. The Morgan fingerprint density at radius 1 is 0.983 bits per heavy atom. The molecule has 2 aromatic carbocycles. The third-order valence-electron chi connectivity index (χ3n) is 10.7. The van der Waals surface area contributed by atoms with Gasteiger partial charge in [0.2, 0.25) is 17.6 Å². The molecule has 0 spiro atoms. The molecule has 4 aromatic rings. The molecular weight excluding hydrogens is 776 g/mol. The molecule has 6 N–H and O–H groups in total. The lowest BCUT2D eigenvalue weighted by molar-refractivity contribution is -0.130. The third kappa shape index (κ3) is 11.6. The van der Waals surface area contributed by atoms with Crippen LogP contribution in [0.5, 0.6) is 0 Å². The maximum atomic E-state index is 14.6. The first-order chi connectivity index (χ1) is 28.6. The van der Waals surface area contributed by atoms with Gasteiger partial charge in [0.25, 0.3) is 5.91 Å². The van der Waals surface area contributed by atoms with Gasteiger partial charge in [-0.1, -0.05) is 24.3 Å². The Morgan fingerprint density at radius 3 is 2.30 bits per heavy atom. The monoisotopic (exact) mass is 826 g/mol. The number of hydrogen-bond acceptors (Lipinski definition) is 10. The molecule has 0 bridgehead atoms. The van der Waals surface area contributed by atoms with E-state index in [2.05, 4.69) is 46.9 Å². The summed E-state index contributed by atoms with van der Waals surface area (Å²) in [6.45, 7) is 7.53. The van der Waals surface area contributed by atoms with Crippen LogP contribution in [0.15, 0.2) is 60.8 Å². The maximum Gasteiger partial charge on any atom is 0.407 e. The molecule has 2 aromatic heterocycles. The van der Waals surface area contributed by atoms with E-state index in [1.54, 1.807) is 36.5 Å².